The van der Waals surface area contributed by atoms with Crippen LogP contribution in [0.1, 0.15) is 426 Å². The van der Waals surface area contributed by atoms with Crippen molar-refractivity contribution in [2.45, 2.75) is 438 Å². The van der Waals surface area contributed by atoms with Crippen molar-refractivity contribution in [1.82, 2.24) is 0 Å². The van der Waals surface area contributed by atoms with Crippen molar-refractivity contribution in [3.05, 3.63) is 0 Å². The van der Waals surface area contributed by atoms with E-state index >= 15 is 0 Å². The smallest absolute Gasteiger partial charge is 0.0888 e. The van der Waals surface area contributed by atoms with Gasteiger partial charge in [-0.25, -0.2) is 0 Å². The third-order valence-electron chi connectivity index (χ3n) is 17.9. The van der Waals surface area contributed by atoms with Gasteiger partial charge >= 0.3 is 0 Å². The minimum absolute atomic E-state index is 0.863. The summed E-state index contributed by atoms with van der Waals surface area (Å²) in [6.45, 7) is 9.33. The first-order valence-electron chi connectivity index (χ1n) is 34.9. The lowest BCUT2D eigenvalue weighted by molar-refractivity contribution is -0.940. The summed E-state index contributed by atoms with van der Waals surface area (Å²) in [5.74, 6) is 0. The van der Waals surface area contributed by atoms with E-state index in [1.165, 1.54) is 403 Å². The summed E-state index contributed by atoms with van der Waals surface area (Å²) >= 11 is 0. The van der Waals surface area contributed by atoms with E-state index in [2.05, 4.69) is 41.8 Å². The molecule has 0 saturated carbocycles. The second-order valence-corrected chi connectivity index (χ2v) is 25.2. The molecule has 0 heterocycles. The van der Waals surface area contributed by atoms with Gasteiger partial charge in [-0.05, 0) is 51.4 Å². The number of unbranched alkanes of at least 4 members (excludes halogenated alkanes) is 54. The number of quaternary nitrogens is 1. The fourth-order valence-electron chi connectivity index (χ4n) is 12.6. The summed E-state index contributed by atoms with van der Waals surface area (Å²) in [6, 6.07) is 1.73. The molecule has 71 heavy (non-hydrogen) atoms. The van der Waals surface area contributed by atoms with E-state index in [9.17, 15) is 0 Å². The molecule has 0 amide bonds. The second-order valence-electron chi connectivity index (χ2n) is 25.2. The van der Waals surface area contributed by atoms with E-state index in [-0.39, 0.29) is 0 Å². The normalized spacial score (nSPS) is 12.9. The van der Waals surface area contributed by atoms with E-state index < -0.39 is 0 Å². The Morgan fingerprint density at radius 2 is 0.254 bits per heavy atom. The molecule has 0 radical (unpaired) electrons. The monoisotopic (exact) mass is 999 g/mol. The third-order valence-corrected chi connectivity index (χ3v) is 17.9. The molecule has 0 bridgehead atoms. The highest BCUT2D eigenvalue weighted by molar-refractivity contribution is 4.69. The van der Waals surface area contributed by atoms with Gasteiger partial charge in [0.25, 0.3) is 0 Å². The predicted octanol–water partition coefficient (Wildman–Crippen LogP) is 26.1. The van der Waals surface area contributed by atoms with Gasteiger partial charge in [0, 0.05) is 0 Å². The lowest BCUT2D eigenvalue weighted by Gasteiger charge is -2.45. The van der Waals surface area contributed by atoms with Crippen LogP contribution >= 0.6 is 0 Å². The molecule has 0 rings (SSSR count). The molecule has 0 N–H and O–H groups in total. The zero-order valence-corrected chi connectivity index (χ0v) is 51.4. The van der Waals surface area contributed by atoms with Crippen molar-refractivity contribution in [2.75, 3.05) is 14.1 Å². The van der Waals surface area contributed by atoms with Crippen LogP contribution in [0.3, 0.4) is 0 Å². The van der Waals surface area contributed by atoms with Crippen LogP contribution in [0.25, 0.3) is 0 Å². The first-order chi connectivity index (χ1) is 35.0. The van der Waals surface area contributed by atoms with Gasteiger partial charge in [0.15, 0.2) is 0 Å². The summed E-state index contributed by atoms with van der Waals surface area (Å²) in [4.78, 5) is 0. The number of rotatable bonds is 64. The van der Waals surface area contributed by atoms with Crippen molar-refractivity contribution >= 4 is 0 Å². The highest BCUT2D eigenvalue weighted by Gasteiger charge is 2.35. The molecule has 0 fully saturated rings. The molecule has 0 aromatic rings. The summed E-state index contributed by atoms with van der Waals surface area (Å²) in [5, 5.41) is 0. The SMILES string of the molecule is CCCCCCCCCCCCCCCCCCC(CCCCCCCCCCCCCCC)[N+](C)(C)C(CCCCCCCCCCCCCCC)CCCCCCCCCCCCCCCCCC. The van der Waals surface area contributed by atoms with E-state index in [1.807, 2.05) is 0 Å². The van der Waals surface area contributed by atoms with Gasteiger partial charge in [-0.1, -0.05) is 374 Å². The molecule has 2 unspecified atom stereocenters. The second kappa shape index (κ2) is 60.8. The lowest BCUT2D eigenvalue weighted by atomic mass is 9.91. The largest absolute Gasteiger partial charge is 0.324 e. The Morgan fingerprint density at radius 3 is 0.366 bits per heavy atom. The Bertz CT molecular complexity index is 851. The summed E-state index contributed by atoms with van der Waals surface area (Å²) in [7, 11) is 5.47. The van der Waals surface area contributed by atoms with Gasteiger partial charge in [0.05, 0.1) is 26.2 Å². The van der Waals surface area contributed by atoms with Crippen LogP contribution in [0.2, 0.25) is 0 Å². The number of hydrogen-bond acceptors (Lipinski definition) is 0. The van der Waals surface area contributed by atoms with Crippen molar-refractivity contribution in [2.24, 2.45) is 0 Å². The van der Waals surface area contributed by atoms with Crippen LogP contribution < -0.4 is 0 Å². The van der Waals surface area contributed by atoms with Crippen LogP contribution in [0.4, 0.5) is 0 Å². The summed E-state index contributed by atoms with van der Waals surface area (Å²) in [6.07, 6.45) is 91.3. The topological polar surface area (TPSA) is 0 Å². The molecule has 0 aliphatic rings. The standard InChI is InChI=1S/C70H144N/c1-7-11-15-19-23-27-31-35-37-39-43-47-51-55-59-63-67-69(65-61-57-53-49-45-41-33-29-25-21-17-13-9-3)71(5,6)70(66-62-58-54-50-46-42-34-30-26-22-18-14-10-4)68-64-60-56-52-48-44-40-38-36-32-28-24-20-16-12-8-2/h69-70H,7-68H2,1-6H3/q+1. The molecule has 0 spiro atoms. The molecule has 0 aromatic carbocycles. The minimum Gasteiger partial charge on any atom is -0.324 e. The Kier molecular flexibility index (Phi) is 60.8. The zero-order chi connectivity index (χ0) is 51.5. The number of nitrogens with zero attached hydrogens (tertiary/aromatic N) is 1. The van der Waals surface area contributed by atoms with E-state index in [0.29, 0.717) is 0 Å². The Labute approximate surface area is 454 Å². The first kappa shape index (κ1) is 71.0. The average molecular weight is 1000 g/mol. The average Bonchev–Trinajstić information content (AvgIpc) is 3.37. The van der Waals surface area contributed by atoms with Gasteiger partial charge in [-0.3, -0.25) is 0 Å². The van der Waals surface area contributed by atoms with Gasteiger partial charge in [-0.15, -0.1) is 0 Å². The maximum absolute atomic E-state index is 2.73. The highest BCUT2D eigenvalue weighted by Crippen LogP contribution is 2.31. The molecular formula is C70H144N+. The van der Waals surface area contributed by atoms with Gasteiger partial charge in [-0.2, -0.15) is 0 Å². The Balaban J connectivity index is 5.09. The van der Waals surface area contributed by atoms with Crippen molar-refractivity contribution < 1.29 is 4.48 Å². The Morgan fingerprint density at radius 1 is 0.155 bits per heavy atom. The quantitative estimate of drug-likeness (QED) is 0.0421. The van der Waals surface area contributed by atoms with Crippen molar-refractivity contribution in [1.29, 1.82) is 0 Å². The van der Waals surface area contributed by atoms with Crippen molar-refractivity contribution in [3.8, 4) is 0 Å². The van der Waals surface area contributed by atoms with Crippen LogP contribution in [0.5, 0.6) is 0 Å². The van der Waals surface area contributed by atoms with Gasteiger partial charge in [0.2, 0.25) is 0 Å². The van der Waals surface area contributed by atoms with E-state index in [0.717, 1.165) is 12.1 Å². The molecule has 1 heteroatoms. The first-order valence-corrected chi connectivity index (χ1v) is 34.9. The van der Waals surface area contributed by atoms with Gasteiger partial charge < -0.3 is 4.48 Å². The van der Waals surface area contributed by atoms with Gasteiger partial charge in [0.1, 0.15) is 0 Å². The fourth-order valence-corrected chi connectivity index (χ4v) is 12.6. The molecule has 0 aliphatic heterocycles. The molecule has 0 saturated heterocycles. The molecular weight excluding hydrogens is 855 g/mol. The molecule has 0 aliphatic carbocycles. The number of hydrogen-bond donors (Lipinski definition) is 0. The predicted molar refractivity (Wildman–Crippen MR) is 329 cm³/mol. The van der Waals surface area contributed by atoms with E-state index in [1.54, 1.807) is 0 Å². The Hall–Kier alpha value is -0.0400. The van der Waals surface area contributed by atoms with Crippen molar-refractivity contribution in [3.63, 3.8) is 0 Å². The maximum atomic E-state index is 2.73. The molecule has 0 aromatic heterocycles. The van der Waals surface area contributed by atoms with Crippen LogP contribution in [-0.2, 0) is 0 Å². The highest BCUT2D eigenvalue weighted by atomic mass is 15.4. The fraction of sp³-hybridized carbons (Fsp3) is 1.00. The molecule has 428 valence electrons. The minimum atomic E-state index is 0.863. The van der Waals surface area contributed by atoms with Crippen LogP contribution in [0.15, 0.2) is 0 Å². The van der Waals surface area contributed by atoms with Crippen LogP contribution in [0, 0.1) is 0 Å². The lowest BCUT2D eigenvalue weighted by Crippen LogP contribution is -2.55. The third kappa shape index (κ3) is 53.2. The summed E-state index contributed by atoms with van der Waals surface area (Å²) in [5.41, 5.74) is 0. The molecule has 2 atom stereocenters. The maximum Gasteiger partial charge on any atom is 0.0888 e. The molecule has 1 nitrogen and oxygen atoms in total. The van der Waals surface area contributed by atoms with Crippen LogP contribution in [-0.4, -0.2) is 30.7 Å². The van der Waals surface area contributed by atoms with E-state index in [4.69, 9.17) is 0 Å². The summed E-state index contributed by atoms with van der Waals surface area (Å²) < 4.78 is 1.33. The zero-order valence-electron chi connectivity index (χ0n) is 51.4.